The van der Waals surface area contributed by atoms with E-state index in [0.717, 1.165) is 77.0 Å². The van der Waals surface area contributed by atoms with Crippen molar-refractivity contribution in [2.24, 2.45) is 23.7 Å². The monoisotopic (exact) mass is 693 g/mol. The minimum atomic E-state index is -0.893. The maximum atomic E-state index is 10.3. The van der Waals surface area contributed by atoms with E-state index in [1.165, 1.54) is 0 Å². The van der Waals surface area contributed by atoms with Gasteiger partial charge in [-0.3, -0.25) is 0 Å². The molecule has 0 aliphatic rings. The van der Waals surface area contributed by atoms with Crippen molar-refractivity contribution in [2.45, 2.75) is 158 Å². The van der Waals surface area contributed by atoms with Crippen molar-refractivity contribution in [3.05, 3.63) is 0 Å². The Bertz CT molecular complexity index is 515. The Hall–Kier alpha value is -1.11. The van der Waals surface area contributed by atoms with Crippen LogP contribution in [-0.4, -0.2) is 23.9 Å². The average Bonchev–Trinajstić information content (AvgIpc) is 2.91. The van der Waals surface area contributed by atoms with E-state index in [9.17, 15) is 39.6 Å². The summed E-state index contributed by atoms with van der Waals surface area (Å²) in [5, 5.41) is 41.3. The largest absolute Gasteiger partial charge is 2.00 e. The summed E-state index contributed by atoms with van der Waals surface area (Å²) in [5.74, 6) is -4.46. The Labute approximate surface area is 278 Å². The van der Waals surface area contributed by atoms with Gasteiger partial charge in [0.15, 0.2) is 0 Å². The third-order valence-electron chi connectivity index (χ3n) is 6.93. The van der Waals surface area contributed by atoms with E-state index in [1.807, 2.05) is 27.7 Å². The molecule has 0 aromatic heterocycles. The zero-order valence-corrected chi connectivity index (χ0v) is 29.4. The van der Waals surface area contributed by atoms with Crippen molar-refractivity contribution < 1.29 is 73.2 Å². The SMILES string of the molecule is CCCCC(CC)C(=O)[O-].CCCCC(CC)C(=O)[O-].CCCCC(CC)C(=O)[O-].CCCCC(CC)C(=O)[O-].[Cu+2].[Ni+2]. The molecule has 257 valence electrons. The van der Waals surface area contributed by atoms with Gasteiger partial charge < -0.3 is 39.6 Å². The Kier molecular flexibility index (Phi) is 50.8. The second-order valence-corrected chi connectivity index (χ2v) is 10.3. The van der Waals surface area contributed by atoms with Crippen LogP contribution in [0, 0.1) is 23.7 Å². The van der Waals surface area contributed by atoms with Gasteiger partial charge in [0.25, 0.3) is 0 Å². The van der Waals surface area contributed by atoms with E-state index in [0.29, 0.717) is 25.7 Å². The first kappa shape index (κ1) is 53.5. The molecule has 8 nitrogen and oxygen atoms in total. The Morgan fingerprint density at radius 2 is 0.548 bits per heavy atom. The van der Waals surface area contributed by atoms with E-state index < -0.39 is 23.9 Å². The standard InChI is InChI=1S/4C8H16O2.Cu.Ni/c4*1-3-5-6-7(4-2)8(9)10;;/h4*7H,3-6H2,1-2H3,(H,9,10);;/q;;;;2*+2/p-4. The normalized spacial score (nSPS) is 12.4. The van der Waals surface area contributed by atoms with Gasteiger partial charge >= 0.3 is 33.6 Å². The van der Waals surface area contributed by atoms with Crippen molar-refractivity contribution in [1.82, 2.24) is 0 Å². The van der Waals surface area contributed by atoms with Crippen molar-refractivity contribution in [1.29, 1.82) is 0 Å². The van der Waals surface area contributed by atoms with Crippen molar-refractivity contribution in [3.63, 3.8) is 0 Å². The second kappa shape index (κ2) is 39.9. The first-order chi connectivity index (χ1) is 18.9. The van der Waals surface area contributed by atoms with E-state index >= 15 is 0 Å². The number of hydrogen-bond acceptors (Lipinski definition) is 8. The zero-order valence-electron chi connectivity index (χ0n) is 27.5. The number of carbonyl (C=O) groups is 4. The summed E-state index contributed by atoms with van der Waals surface area (Å²) < 4.78 is 0. The number of hydrogen-bond donors (Lipinski definition) is 0. The molecule has 0 saturated carbocycles. The van der Waals surface area contributed by atoms with Crippen LogP contribution in [-0.2, 0) is 52.7 Å². The fourth-order valence-corrected chi connectivity index (χ4v) is 3.76. The summed E-state index contributed by atoms with van der Waals surface area (Å²) in [5.41, 5.74) is 0. The molecule has 0 aromatic rings. The maximum Gasteiger partial charge on any atom is 2.00 e. The number of aliphatic carboxylic acids is 4. The van der Waals surface area contributed by atoms with Crippen LogP contribution in [0.15, 0.2) is 0 Å². The molecular weight excluding hydrogens is 635 g/mol. The maximum absolute atomic E-state index is 10.3. The van der Waals surface area contributed by atoms with E-state index in [-0.39, 0.29) is 57.2 Å². The molecule has 0 saturated heterocycles. The predicted octanol–water partition coefficient (Wildman–Crippen LogP) is 3.81. The first-order valence-corrected chi connectivity index (χ1v) is 15.7. The van der Waals surface area contributed by atoms with Gasteiger partial charge in [-0.2, -0.15) is 0 Å². The van der Waals surface area contributed by atoms with Crippen LogP contribution in [0.3, 0.4) is 0 Å². The fourth-order valence-electron chi connectivity index (χ4n) is 3.76. The quantitative estimate of drug-likeness (QED) is 0.174. The number of carboxylic acid groups (broad SMARTS) is 4. The number of carbonyl (C=O) groups excluding carboxylic acids is 4. The second-order valence-electron chi connectivity index (χ2n) is 10.3. The molecule has 0 aliphatic heterocycles. The van der Waals surface area contributed by atoms with Crippen LogP contribution in [0.2, 0.25) is 0 Å². The molecular formula is C32H60CuNiO8. The van der Waals surface area contributed by atoms with E-state index in [1.54, 1.807) is 0 Å². The number of carboxylic acids is 4. The van der Waals surface area contributed by atoms with Gasteiger partial charge in [0.2, 0.25) is 0 Å². The smallest absolute Gasteiger partial charge is 0.550 e. The Morgan fingerprint density at radius 3 is 0.619 bits per heavy atom. The molecule has 42 heavy (non-hydrogen) atoms. The summed E-state index contributed by atoms with van der Waals surface area (Å²) in [6, 6.07) is 0. The van der Waals surface area contributed by atoms with Crippen LogP contribution in [0.5, 0.6) is 0 Å². The molecule has 0 fully saturated rings. The summed E-state index contributed by atoms with van der Waals surface area (Å²) in [4.78, 5) is 41.3. The summed E-state index contributed by atoms with van der Waals surface area (Å²) in [6.07, 6.45) is 14.1. The minimum Gasteiger partial charge on any atom is -0.550 e. The molecule has 0 heterocycles. The average molecular weight is 695 g/mol. The molecule has 4 atom stereocenters. The van der Waals surface area contributed by atoms with Crippen LogP contribution in [0.4, 0.5) is 0 Å². The molecule has 0 spiro atoms. The Morgan fingerprint density at radius 1 is 0.405 bits per heavy atom. The Balaban J connectivity index is -0.000000101. The molecule has 4 unspecified atom stereocenters. The van der Waals surface area contributed by atoms with Gasteiger partial charge in [0, 0.05) is 23.9 Å². The topological polar surface area (TPSA) is 161 Å². The van der Waals surface area contributed by atoms with Gasteiger partial charge in [-0.15, -0.1) is 0 Å². The third kappa shape index (κ3) is 36.9. The van der Waals surface area contributed by atoms with Gasteiger partial charge in [-0.05, 0) is 75.0 Å². The van der Waals surface area contributed by atoms with Gasteiger partial charge in [0.1, 0.15) is 0 Å². The molecule has 0 amide bonds. The van der Waals surface area contributed by atoms with E-state index in [4.69, 9.17) is 0 Å². The summed E-state index contributed by atoms with van der Waals surface area (Å²) in [7, 11) is 0. The first-order valence-electron chi connectivity index (χ1n) is 15.7. The van der Waals surface area contributed by atoms with Crippen molar-refractivity contribution in [3.8, 4) is 0 Å². The van der Waals surface area contributed by atoms with Gasteiger partial charge in [-0.25, -0.2) is 0 Å². The van der Waals surface area contributed by atoms with Crippen molar-refractivity contribution >= 4 is 23.9 Å². The molecule has 0 aliphatic carbocycles. The van der Waals surface area contributed by atoms with Gasteiger partial charge in [0.05, 0.1) is 0 Å². The predicted molar refractivity (Wildman–Crippen MR) is 153 cm³/mol. The molecule has 1 radical (unpaired) electrons. The van der Waals surface area contributed by atoms with Crippen LogP contribution < -0.4 is 20.4 Å². The number of rotatable bonds is 20. The fraction of sp³-hybridized carbons (Fsp3) is 0.875. The molecule has 10 heteroatoms. The summed E-state index contributed by atoms with van der Waals surface area (Å²) >= 11 is 0. The van der Waals surface area contributed by atoms with Crippen LogP contribution in [0.25, 0.3) is 0 Å². The molecule has 0 rings (SSSR count). The molecule has 0 N–H and O–H groups in total. The molecule has 0 bridgehead atoms. The minimum absolute atomic E-state index is 0. The van der Waals surface area contributed by atoms with Gasteiger partial charge in [-0.1, -0.05) is 107 Å². The van der Waals surface area contributed by atoms with E-state index in [2.05, 4.69) is 27.7 Å². The van der Waals surface area contributed by atoms with Crippen molar-refractivity contribution in [2.75, 3.05) is 0 Å². The summed E-state index contributed by atoms with van der Waals surface area (Å²) in [6.45, 7) is 15.8. The van der Waals surface area contributed by atoms with Crippen LogP contribution in [0.1, 0.15) is 158 Å². The zero-order chi connectivity index (χ0) is 31.9. The van der Waals surface area contributed by atoms with Crippen LogP contribution >= 0.6 is 0 Å². The number of unbranched alkanes of at least 4 members (excludes halogenated alkanes) is 4. The third-order valence-corrected chi connectivity index (χ3v) is 6.93. The molecule has 0 aromatic carbocycles.